The summed E-state index contributed by atoms with van der Waals surface area (Å²) in [6, 6.07) is 16.1. The second-order valence-electron chi connectivity index (χ2n) is 8.78. The van der Waals surface area contributed by atoms with Crippen molar-refractivity contribution in [1.29, 1.82) is 0 Å². The van der Waals surface area contributed by atoms with Crippen LogP contribution in [0.1, 0.15) is 48.8 Å². The maximum atomic E-state index is 13.1. The molecular formula is C24H25N5O. The van der Waals surface area contributed by atoms with Gasteiger partial charge in [0.2, 0.25) is 5.95 Å². The Labute approximate surface area is 175 Å². The van der Waals surface area contributed by atoms with Gasteiger partial charge in [0.25, 0.3) is 0 Å². The van der Waals surface area contributed by atoms with E-state index in [1.165, 1.54) is 5.56 Å². The third-order valence-electron chi connectivity index (χ3n) is 5.75. The maximum Gasteiger partial charge on any atom is 0.229 e. The highest BCUT2D eigenvalue weighted by molar-refractivity contribution is 6.03. The highest BCUT2D eigenvalue weighted by atomic mass is 16.1. The molecule has 2 N–H and O–H groups in total. The number of aryl methyl sites for hydroxylation is 1. The van der Waals surface area contributed by atoms with Crippen molar-refractivity contribution in [3.8, 4) is 5.95 Å². The van der Waals surface area contributed by atoms with E-state index in [0.29, 0.717) is 23.8 Å². The summed E-state index contributed by atoms with van der Waals surface area (Å²) in [7, 11) is 0. The van der Waals surface area contributed by atoms with Gasteiger partial charge in [0, 0.05) is 12.1 Å². The van der Waals surface area contributed by atoms with Crippen LogP contribution in [-0.4, -0.2) is 25.5 Å². The first-order valence-corrected chi connectivity index (χ1v) is 10.4. The average Bonchev–Trinajstić information content (AvgIpc) is 3.29. The zero-order valence-corrected chi connectivity index (χ0v) is 17.5. The Bertz CT molecular complexity index is 1210. The van der Waals surface area contributed by atoms with Crippen LogP contribution >= 0.6 is 0 Å². The molecule has 0 atom stereocenters. The maximum absolute atomic E-state index is 13.1. The molecule has 0 saturated heterocycles. The van der Waals surface area contributed by atoms with Crippen molar-refractivity contribution in [3.63, 3.8) is 0 Å². The number of Topliss-reactive ketones (excluding diaryl/α,β-unsaturated/α-hetero) is 1. The standard InChI is InChI=1S/C24H25N5O/c1-4-15-9-11-16(12-10-15)25-22-21-19(13-24(2,3)14-20(21)30)29(28-22)23-26-17-7-5-6-8-18(17)27-23/h5-12H,4,13-14H2,1-3H3,(H,25,28)(H,26,27). The van der Waals surface area contributed by atoms with Gasteiger partial charge in [0.05, 0.1) is 22.3 Å². The summed E-state index contributed by atoms with van der Waals surface area (Å²) >= 11 is 0. The third kappa shape index (κ3) is 3.18. The molecule has 1 aliphatic carbocycles. The van der Waals surface area contributed by atoms with E-state index in [4.69, 9.17) is 10.1 Å². The third-order valence-corrected chi connectivity index (χ3v) is 5.75. The molecule has 6 nitrogen and oxygen atoms in total. The van der Waals surface area contributed by atoms with Crippen LogP contribution in [0.15, 0.2) is 48.5 Å². The fourth-order valence-corrected chi connectivity index (χ4v) is 4.21. The molecule has 2 aromatic carbocycles. The molecule has 5 rings (SSSR count). The number of fused-ring (bicyclic) bond motifs is 2. The van der Waals surface area contributed by atoms with Crippen LogP contribution < -0.4 is 5.32 Å². The Morgan fingerprint density at radius 1 is 1.10 bits per heavy atom. The summed E-state index contributed by atoms with van der Waals surface area (Å²) < 4.78 is 1.80. The van der Waals surface area contributed by atoms with E-state index in [1.54, 1.807) is 4.68 Å². The Kier molecular flexibility index (Phi) is 4.24. The zero-order valence-electron chi connectivity index (χ0n) is 17.5. The number of benzene rings is 2. The van der Waals surface area contributed by atoms with Gasteiger partial charge in [-0.2, -0.15) is 0 Å². The highest BCUT2D eigenvalue weighted by Crippen LogP contribution is 2.39. The predicted molar refractivity (Wildman–Crippen MR) is 119 cm³/mol. The predicted octanol–water partition coefficient (Wildman–Crippen LogP) is 5.21. The van der Waals surface area contributed by atoms with Crippen LogP contribution in [0, 0.1) is 5.41 Å². The molecule has 0 aliphatic heterocycles. The summed E-state index contributed by atoms with van der Waals surface area (Å²) in [6.07, 6.45) is 2.26. The quantitative estimate of drug-likeness (QED) is 0.494. The van der Waals surface area contributed by atoms with Crippen LogP contribution in [0.4, 0.5) is 11.5 Å². The number of anilines is 2. The molecular weight excluding hydrogens is 374 g/mol. The second-order valence-corrected chi connectivity index (χ2v) is 8.78. The smallest absolute Gasteiger partial charge is 0.229 e. The number of hydrogen-bond donors (Lipinski definition) is 2. The summed E-state index contributed by atoms with van der Waals surface area (Å²) in [5.41, 5.74) is 5.48. The first-order chi connectivity index (χ1) is 14.4. The molecule has 2 heterocycles. The van der Waals surface area contributed by atoms with E-state index in [2.05, 4.69) is 43.2 Å². The van der Waals surface area contributed by atoms with Crippen molar-refractivity contribution in [2.45, 2.75) is 40.0 Å². The van der Waals surface area contributed by atoms with Crippen LogP contribution in [0.2, 0.25) is 0 Å². The van der Waals surface area contributed by atoms with Crippen LogP contribution in [0.5, 0.6) is 0 Å². The van der Waals surface area contributed by atoms with E-state index in [0.717, 1.165) is 35.3 Å². The number of nitrogens with one attached hydrogen (secondary N) is 2. The number of carbonyl (C=O) groups excluding carboxylic acids is 1. The number of H-pyrrole nitrogens is 1. The summed E-state index contributed by atoms with van der Waals surface area (Å²) in [5, 5.41) is 8.17. The number of ketones is 1. The lowest BCUT2D eigenvalue weighted by molar-refractivity contribution is 0.0911. The minimum atomic E-state index is -0.117. The number of rotatable bonds is 4. The molecule has 1 aliphatic rings. The topological polar surface area (TPSA) is 75.6 Å². The Morgan fingerprint density at radius 2 is 1.87 bits per heavy atom. The lowest BCUT2D eigenvalue weighted by Crippen LogP contribution is -2.28. The van der Waals surface area contributed by atoms with Crippen LogP contribution in [0.3, 0.4) is 0 Å². The van der Waals surface area contributed by atoms with E-state index in [1.807, 2.05) is 36.4 Å². The highest BCUT2D eigenvalue weighted by Gasteiger charge is 2.37. The van der Waals surface area contributed by atoms with E-state index < -0.39 is 0 Å². The van der Waals surface area contributed by atoms with Gasteiger partial charge >= 0.3 is 0 Å². The summed E-state index contributed by atoms with van der Waals surface area (Å²) in [4.78, 5) is 21.2. The molecule has 0 fully saturated rings. The van der Waals surface area contributed by atoms with E-state index in [9.17, 15) is 4.79 Å². The second kappa shape index (κ2) is 6.83. The number of imidazole rings is 1. The summed E-state index contributed by atoms with van der Waals surface area (Å²) in [6.45, 7) is 6.38. The first kappa shape index (κ1) is 18.6. The SMILES string of the molecule is CCc1ccc(Nc2nn(-c3nc4ccccc4[nH]3)c3c2C(=O)CC(C)(C)C3)cc1. The lowest BCUT2D eigenvalue weighted by atomic mass is 9.76. The van der Waals surface area contributed by atoms with Crippen LogP contribution in [-0.2, 0) is 12.8 Å². The van der Waals surface area contributed by atoms with Crippen molar-refractivity contribution in [1.82, 2.24) is 19.7 Å². The number of aromatic nitrogens is 4. The van der Waals surface area contributed by atoms with Crippen molar-refractivity contribution >= 4 is 28.3 Å². The molecule has 0 spiro atoms. The normalized spacial score (nSPS) is 15.4. The van der Waals surface area contributed by atoms with Gasteiger partial charge in [0.15, 0.2) is 11.6 Å². The Balaban J connectivity index is 1.63. The van der Waals surface area contributed by atoms with Crippen molar-refractivity contribution in [2.75, 3.05) is 5.32 Å². The van der Waals surface area contributed by atoms with E-state index >= 15 is 0 Å². The van der Waals surface area contributed by atoms with Crippen molar-refractivity contribution in [2.24, 2.45) is 5.41 Å². The van der Waals surface area contributed by atoms with Gasteiger partial charge in [-0.25, -0.2) is 9.67 Å². The molecule has 0 unspecified atom stereocenters. The number of nitrogens with zero attached hydrogens (tertiary/aromatic N) is 3. The molecule has 0 radical (unpaired) electrons. The monoisotopic (exact) mass is 399 g/mol. The van der Waals surface area contributed by atoms with Gasteiger partial charge in [-0.1, -0.05) is 45.0 Å². The Hall–Kier alpha value is -3.41. The molecule has 152 valence electrons. The number of hydrogen-bond acceptors (Lipinski definition) is 4. The van der Waals surface area contributed by atoms with Crippen molar-refractivity contribution < 1.29 is 4.79 Å². The fourth-order valence-electron chi connectivity index (χ4n) is 4.21. The van der Waals surface area contributed by atoms with Gasteiger partial charge < -0.3 is 10.3 Å². The zero-order chi connectivity index (χ0) is 20.9. The first-order valence-electron chi connectivity index (χ1n) is 10.4. The molecule has 6 heteroatoms. The molecule has 0 amide bonds. The largest absolute Gasteiger partial charge is 0.338 e. The Morgan fingerprint density at radius 3 is 2.60 bits per heavy atom. The molecule has 2 aromatic heterocycles. The minimum absolute atomic E-state index is 0.117. The molecule has 0 saturated carbocycles. The van der Waals surface area contributed by atoms with Gasteiger partial charge in [-0.3, -0.25) is 4.79 Å². The minimum Gasteiger partial charge on any atom is -0.338 e. The van der Waals surface area contributed by atoms with Crippen LogP contribution in [0.25, 0.3) is 17.0 Å². The molecule has 4 aromatic rings. The van der Waals surface area contributed by atoms with Crippen molar-refractivity contribution in [3.05, 3.63) is 65.4 Å². The van der Waals surface area contributed by atoms with E-state index in [-0.39, 0.29) is 11.2 Å². The fraction of sp³-hybridized carbons (Fsp3) is 0.292. The van der Waals surface area contributed by atoms with Gasteiger partial charge in [-0.05, 0) is 48.1 Å². The average molecular weight is 399 g/mol. The van der Waals surface area contributed by atoms with Gasteiger partial charge in [-0.15, -0.1) is 5.10 Å². The molecule has 30 heavy (non-hydrogen) atoms. The van der Waals surface area contributed by atoms with Gasteiger partial charge in [0.1, 0.15) is 0 Å². The molecule has 0 bridgehead atoms. The number of carbonyl (C=O) groups is 1. The number of aromatic amines is 1. The lowest BCUT2D eigenvalue weighted by Gasteiger charge is -2.28. The summed E-state index contributed by atoms with van der Waals surface area (Å²) in [5.74, 6) is 1.35. The number of para-hydroxylation sites is 2.